The lowest BCUT2D eigenvalue weighted by molar-refractivity contribution is -0.385. The second-order valence-corrected chi connectivity index (χ2v) is 25.0. The highest BCUT2D eigenvalue weighted by molar-refractivity contribution is 6.02. The number of phenolic OH excluding ortho intramolecular Hbond substituents is 1. The number of carboxylic acid groups (broad SMARTS) is 4. The molecular weight excluding hydrogens is 1430 g/mol. The predicted octanol–water partition coefficient (Wildman–Crippen LogP) is -9.05. The number of hydrogen-bond acceptors (Lipinski definition) is 27. The lowest BCUT2D eigenvalue weighted by Gasteiger charge is -2.46. The number of benzene rings is 3. The number of aromatic hydroxyl groups is 1. The van der Waals surface area contributed by atoms with Crippen LogP contribution in [0.5, 0.6) is 5.75 Å². The molecule has 0 aliphatic carbocycles. The van der Waals surface area contributed by atoms with E-state index in [2.05, 4.69) is 32.3 Å². The number of nitrogens with one attached hydrogen (secondary N) is 8. The molecule has 107 heavy (non-hydrogen) atoms. The Morgan fingerprint density at radius 3 is 1.73 bits per heavy atom. The number of carbonyl (C=O) groups excluding carboxylic acids is 10. The van der Waals surface area contributed by atoms with Crippen LogP contribution in [0.1, 0.15) is 79.3 Å². The molecule has 3 aliphatic rings. The minimum absolute atomic E-state index is 0.00300. The van der Waals surface area contributed by atoms with Gasteiger partial charge in [0.2, 0.25) is 53.2 Å². The molecule has 584 valence electrons. The number of aliphatic hydroxyl groups is 7. The molecule has 0 bridgehead atoms. The second kappa shape index (κ2) is 39.4. The van der Waals surface area contributed by atoms with Gasteiger partial charge in [0.25, 0.3) is 5.91 Å². The monoisotopic (exact) mass is 1520 g/mol. The molecule has 0 saturated carbocycles. The molecule has 6 rings (SSSR count). The molecule has 3 fully saturated rings. The van der Waals surface area contributed by atoms with Gasteiger partial charge in [0.05, 0.1) is 43.0 Å². The van der Waals surface area contributed by atoms with Crippen LogP contribution in [-0.2, 0) is 89.4 Å². The molecule has 3 aromatic rings. The van der Waals surface area contributed by atoms with Crippen LogP contribution in [0.4, 0.5) is 11.4 Å². The third-order valence-corrected chi connectivity index (χ3v) is 17.2. The third kappa shape index (κ3) is 24.0. The van der Waals surface area contributed by atoms with E-state index < -0.39 is 274 Å². The average Bonchev–Trinajstić information content (AvgIpc) is 0.858. The molecule has 0 unspecified atom stereocenters. The molecule has 3 heterocycles. The first-order valence-electron chi connectivity index (χ1n) is 32.9. The predicted molar refractivity (Wildman–Crippen MR) is 352 cm³/mol. The van der Waals surface area contributed by atoms with E-state index in [1.807, 2.05) is 16.0 Å². The summed E-state index contributed by atoms with van der Waals surface area (Å²) < 4.78 is 16.5. The molecular formula is C64H83N12O31+. The largest absolute Gasteiger partial charge is 0.502 e. The van der Waals surface area contributed by atoms with E-state index in [0.717, 1.165) is 23.1 Å². The number of rotatable bonds is 38. The molecule has 3 aromatic carbocycles. The lowest BCUT2D eigenvalue weighted by atomic mass is 9.96. The SMILES string of the molecule is NC(=O)CC[C@H](NC(=O)[C@H](Cc1ccccc1)NC(=O)c1ccccc1[NH3+])C(=O)N1CCC[C@H]1C(=O)N[C@@H](CC(=O)N[C@@H]1O[C@H](CO)[C@@H](O[C@@H]2O[C@H](CO)[C@H](O)[C@H](O)[C@H]2O)[C@H](O)[C@H]1O)C(=O)N[C@@H](CC(=O)O)C(=O)N[C@@H](CCC(=O)O)C(=O)N[C@@H](Cc1ccc(O)c([N+](=O)[O-])c1)C(=O)N[C@@H](CC(=O)O)C(=O)O. The Morgan fingerprint density at radius 2 is 1.13 bits per heavy atom. The van der Waals surface area contributed by atoms with Gasteiger partial charge in [-0.05, 0) is 55.0 Å². The van der Waals surface area contributed by atoms with Crippen molar-refractivity contribution in [1.82, 2.24) is 47.4 Å². The Bertz CT molecular complexity index is 3760. The van der Waals surface area contributed by atoms with Crippen molar-refractivity contribution >= 4 is 94.3 Å². The summed E-state index contributed by atoms with van der Waals surface area (Å²) >= 11 is 0. The van der Waals surface area contributed by atoms with E-state index in [9.17, 15) is 139 Å². The molecule has 0 radical (unpaired) electrons. The number of nitrogens with zero attached hydrogens (tertiary/aromatic N) is 2. The lowest BCUT2D eigenvalue weighted by Crippen LogP contribution is -2.67. The highest BCUT2D eigenvalue weighted by Gasteiger charge is 2.51. The summed E-state index contributed by atoms with van der Waals surface area (Å²) in [5.74, 6) is -21.0. The summed E-state index contributed by atoms with van der Waals surface area (Å²) in [7, 11) is 0. The third-order valence-electron chi connectivity index (χ3n) is 17.2. The minimum Gasteiger partial charge on any atom is -0.502 e. The van der Waals surface area contributed by atoms with Crippen LogP contribution in [0.15, 0.2) is 72.8 Å². The number of likely N-dealkylation sites (tertiary alicyclic amines) is 1. The summed E-state index contributed by atoms with van der Waals surface area (Å²) in [5, 5.41) is 152. The van der Waals surface area contributed by atoms with Crippen LogP contribution < -0.4 is 54.0 Å². The van der Waals surface area contributed by atoms with E-state index in [1.54, 1.807) is 42.5 Å². The molecule has 18 atom stereocenters. The molecule has 0 aromatic heterocycles. The number of phenols is 1. The molecule has 0 spiro atoms. The maximum Gasteiger partial charge on any atom is 0.326 e. The summed E-state index contributed by atoms with van der Waals surface area (Å²) in [4.78, 5) is 201. The summed E-state index contributed by atoms with van der Waals surface area (Å²) in [6, 6.07) is 0.710. The maximum atomic E-state index is 14.8. The number of hydrogen-bond donors (Lipinski definition) is 22. The fraction of sp³-hybridized carbons (Fsp3) is 0.500. The van der Waals surface area contributed by atoms with Crippen LogP contribution in [0.2, 0.25) is 0 Å². The van der Waals surface area contributed by atoms with E-state index in [1.165, 1.54) is 12.1 Å². The topological polar surface area (TPSA) is 706 Å². The quantitative estimate of drug-likeness (QED) is 0.0187. The zero-order valence-corrected chi connectivity index (χ0v) is 56.5. The Balaban J connectivity index is 1.32. The number of nitrogens with two attached hydrogens (primary N) is 1. The summed E-state index contributed by atoms with van der Waals surface area (Å²) in [5.41, 5.74) is 9.07. The zero-order chi connectivity index (χ0) is 79.3. The highest BCUT2D eigenvalue weighted by Crippen LogP contribution is 2.31. The van der Waals surface area contributed by atoms with Crippen molar-refractivity contribution in [2.45, 2.75) is 180 Å². The van der Waals surface area contributed by atoms with Crippen molar-refractivity contribution in [1.29, 1.82) is 0 Å². The van der Waals surface area contributed by atoms with Crippen LogP contribution >= 0.6 is 0 Å². The standard InChI is InChI=1S/C64H82N12O31/c65-30-10-5-4-9-29(30)54(93)69-33(19-27-7-2-1-3-8-27)56(95)68-32(13-16-43(66)80)62(100)75-18-6-11-38(75)60(99)72-35(22-44(81)74-61-51(91)50(90)53(42(26-78)105-61)107-64-52(92)49(89)48(88)41(25-77)106-64)58(97)71-36(23-46(84)85)59(98)67-31(14-17-45(82)83)55(94)70-34(57(96)73-37(63(101)102)24-47(86)87)20-28-12-15-40(79)39(21-28)76(103)104/h1-5,7-10,12,15,21,31-38,41-42,48-53,61,64,77-79,88-92H,6,11,13-14,16-20,22-26,65H2,(H2,66,80)(H,67,98)(H,68,95)(H,69,93)(H,70,94)(H,71,97)(H,72,99)(H,73,96)(H,74,81)(H,82,83)(H,84,85)(H,86,87)(H,101,102)/p+1/t31-,32-,33-,34-,35-,36-,37-,38-,41+,42+,48-,49-,50+,51+,52+,53+,61+,64-/m0/s1. The van der Waals surface area contributed by atoms with Crippen LogP contribution in [0.25, 0.3) is 0 Å². The van der Waals surface area contributed by atoms with Crippen molar-refractivity contribution in [3.8, 4) is 5.75 Å². The first-order chi connectivity index (χ1) is 50.5. The number of nitro groups is 1. The number of aliphatic hydroxyl groups excluding tert-OH is 7. The van der Waals surface area contributed by atoms with Crippen molar-refractivity contribution in [3.63, 3.8) is 0 Å². The maximum absolute atomic E-state index is 14.8. The van der Waals surface area contributed by atoms with Gasteiger partial charge in [-0.15, -0.1) is 0 Å². The Kier molecular flexibility index (Phi) is 31.3. The van der Waals surface area contributed by atoms with Gasteiger partial charge in [0.1, 0.15) is 103 Å². The van der Waals surface area contributed by atoms with Gasteiger partial charge in [-0.2, -0.15) is 0 Å². The van der Waals surface area contributed by atoms with Gasteiger partial charge in [-0.25, -0.2) is 4.79 Å². The molecule has 43 heteroatoms. The number of carbonyl (C=O) groups is 14. The van der Waals surface area contributed by atoms with Gasteiger partial charge in [0, 0.05) is 38.3 Å². The molecule has 10 amide bonds. The fourth-order valence-electron chi connectivity index (χ4n) is 11.6. The summed E-state index contributed by atoms with van der Waals surface area (Å²) in [6.07, 6.45) is -28.4. The average molecular weight is 1520 g/mol. The number of primary amides is 1. The normalized spacial score (nSPS) is 23.1. The molecule has 25 N–H and O–H groups in total. The van der Waals surface area contributed by atoms with E-state index in [0.29, 0.717) is 5.56 Å². The van der Waals surface area contributed by atoms with E-state index >= 15 is 0 Å². The highest BCUT2D eigenvalue weighted by atomic mass is 16.7. The Hall–Kier alpha value is -11.0. The second-order valence-electron chi connectivity index (χ2n) is 25.0. The molecule has 43 nitrogen and oxygen atoms in total. The van der Waals surface area contributed by atoms with Gasteiger partial charge in [-0.3, -0.25) is 72.4 Å². The van der Waals surface area contributed by atoms with Crippen molar-refractivity contribution in [2.24, 2.45) is 5.73 Å². The zero-order valence-electron chi connectivity index (χ0n) is 56.5. The molecule has 3 saturated heterocycles. The Labute approximate surface area is 604 Å². The number of ether oxygens (including phenoxy) is 3. The van der Waals surface area contributed by atoms with E-state index in [4.69, 9.17) is 19.9 Å². The number of amides is 10. The van der Waals surface area contributed by atoms with Crippen molar-refractivity contribution in [3.05, 3.63) is 99.6 Å². The van der Waals surface area contributed by atoms with E-state index in [-0.39, 0.29) is 42.6 Å². The van der Waals surface area contributed by atoms with Crippen LogP contribution in [0, 0.1) is 10.1 Å². The fourth-order valence-corrected chi connectivity index (χ4v) is 11.6. The number of carboxylic acids is 4. The Morgan fingerprint density at radius 1 is 0.589 bits per heavy atom. The first-order valence-corrected chi connectivity index (χ1v) is 32.9. The van der Waals surface area contributed by atoms with Crippen molar-refractivity contribution < 1.29 is 153 Å². The number of quaternary nitrogens is 1. The van der Waals surface area contributed by atoms with Gasteiger partial charge >= 0.3 is 29.6 Å². The first kappa shape index (κ1) is 84.9. The minimum atomic E-state index is -2.46. The van der Waals surface area contributed by atoms with Gasteiger partial charge in [-0.1, -0.05) is 48.5 Å². The van der Waals surface area contributed by atoms with Crippen molar-refractivity contribution in [2.75, 3.05) is 19.8 Å². The van der Waals surface area contributed by atoms with Crippen LogP contribution in [0.3, 0.4) is 0 Å². The number of aliphatic carboxylic acids is 4. The molecule has 3 aliphatic heterocycles. The van der Waals surface area contributed by atoms with Crippen LogP contribution in [-0.4, -0.2) is 283 Å². The summed E-state index contributed by atoms with van der Waals surface area (Å²) in [6.45, 7) is -2.35. The number of nitro benzene ring substituents is 1. The smallest absolute Gasteiger partial charge is 0.326 e. The van der Waals surface area contributed by atoms with Gasteiger partial charge < -0.3 is 134 Å². The van der Waals surface area contributed by atoms with Gasteiger partial charge in [0.15, 0.2) is 18.3 Å².